The maximum absolute atomic E-state index is 12.4. The Kier molecular flexibility index (Phi) is 5.44. The van der Waals surface area contributed by atoms with Crippen molar-refractivity contribution in [1.82, 2.24) is 15.1 Å². The van der Waals surface area contributed by atoms with Gasteiger partial charge < -0.3 is 11.1 Å². The van der Waals surface area contributed by atoms with Crippen molar-refractivity contribution in [2.45, 2.75) is 38.3 Å². The fourth-order valence-electron chi connectivity index (χ4n) is 3.04. The Balaban J connectivity index is 0.00000192. The smallest absolute Gasteiger partial charge is 0.241 e. The first-order valence-electron chi connectivity index (χ1n) is 7.69. The van der Waals surface area contributed by atoms with Gasteiger partial charge in [0.15, 0.2) is 0 Å². The molecule has 0 spiro atoms. The standard InChI is InChI=1S/C17H22N4O.ClH/c1-11-6-8-12(9-7-11)16(18)17(22)20-14-4-3-5-15-13(14)10-19-21(15)2;/h6-10,14,16H,3-5,18H2,1-2H3,(H,20,22);1H. The van der Waals surface area contributed by atoms with Crippen LogP contribution < -0.4 is 11.1 Å². The molecule has 3 N–H and O–H groups in total. The second-order valence-corrected chi connectivity index (χ2v) is 6.01. The van der Waals surface area contributed by atoms with Crippen LogP contribution in [-0.4, -0.2) is 15.7 Å². The Bertz CT molecular complexity index is 680. The van der Waals surface area contributed by atoms with E-state index in [9.17, 15) is 4.79 Å². The molecule has 0 fully saturated rings. The van der Waals surface area contributed by atoms with Crippen LogP contribution in [0.3, 0.4) is 0 Å². The highest BCUT2D eigenvalue weighted by molar-refractivity contribution is 5.85. The molecule has 0 saturated carbocycles. The highest BCUT2D eigenvalue weighted by atomic mass is 35.5. The van der Waals surface area contributed by atoms with E-state index in [-0.39, 0.29) is 24.4 Å². The summed E-state index contributed by atoms with van der Waals surface area (Å²) in [5, 5.41) is 7.39. The van der Waals surface area contributed by atoms with Gasteiger partial charge in [-0.15, -0.1) is 12.4 Å². The Morgan fingerprint density at radius 2 is 2.09 bits per heavy atom. The molecule has 2 atom stereocenters. The Morgan fingerprint density at radius 3 is 2.78 bits per heavy atom. The van der Waals surface area contributed by atoms with Crippen LogP contribution in [0, 0.1) is 6.92 Å². The average Bonchev–Trinajstić information content (AvgIpc) is 2.90. The summed E-state index contributed by atoms with van der Waals surface area (Å²) in [5.41, 5.74) is 10.4. The molecule has 1 aromatic carbocycles. The zero-order chi connectivity index (χ0) is 15.7. The number of carbonyl (C=O) groups is 1. The number of fused-ring (bicyclic) bond motifs is 1. The zero-order valence-corrected chi connectivity index (χ0v) is 14.3. The zero-order valence-electron chi connectivity index (χ0n) is 13.5. The van der Waals surface area contributed by atoms with Crippen molar-refractivity contribution in [1.29, 1.82) is 0 Å². The van der Waals surface area contributed by atoms with E-state index in [0.29, 0.717) is 0 Å². The minimum Gasteiger partial charge on any atom is -0.348 e. The molecule has 2 aromatic rings. The van der Waals surface area contributed by atoms with Gasteiger partial charge in [0.1, 0.15) is 6.04 Å². The maximum atomic E-state index is 12.4. The topological polar surface area (TPSA) is 72.9 Å². The van der Waals surface area contributed by atoms with Crippen molar-refractivity contribution in [2.24, 2.45) is 12.8 Å². The van der Waals surface area contributed by atoms with Crippen LogP contribution in [0.2, 0.25) is 0 Å². The molecule has 1 aliphatic rings. The SMILES string of the molecule is Cc1ccc(C(N)C(=O)NC2CCCc3c2cnn3C)cc1.Cl. The summed E-state index contributed by atoms with van der Waals surface area (Å²) in [6.45, 7) is 2.02. The normalized spacial score (nSPS) is 17.8. The maximum Gasteiger partial charge on any atom is 0.241 e. The fraction of sp³-hybridized carbons (Fsp3) is 0.412. The molecule has 0 bridgehead atoms. The van der Waals surface area contributed by atoms with Gasteiger partial charge in [-0.2, -0.15) is 5.10 Å². The molecular weight excluding hydrogens is 312 g/mol. The van der Waals surface area contributed by atoms with Crippen LogP contribution in [0.1, 0.15) is 47.3 Å². The van der Waals surface area contributed by atoms with Gasteiger partial charge in [0.25, 0.3) is 0 Å². The first-order chi connectivity index (χ1) is 10.6. The van der Waals surface area contributed by atoms with E-state index < -0.39 is 6.04 Å². The lowest BCUT2D eigenvalue weighted by Gasteiger charge is -2.25. The Morgan fingerprint density at radius 1 is 1.39 bits per heavy atom. The molecule has 0 saturated heterocycles. The van der Waals surface area contributed by atoms with E-state index >= 15 is 0 Å². The number of amides is 1. The van der Waals surface area contributed by atoms with Crippen molar-refractivity contribution in [3.63, 3.8) is 0 Å². The highest BCUT2D eigenvalue weighted by Crippen LogP contribution is 2.29. The summed E-state index contributed by atoms with van der Waals surface area (Å²) in [5.74, 6) is -0.134. The third kappa shape index (κ3) is 3.57. The van der Waals surface area contributed by atoms with E-state index in [4.69, 9.17) is 5.73 Å². The number of nitrogens with two attached hydrogens (primary N) is 1. The monoisotopic (exact) mass is 334 g/mol. The van der Waals surface area contributed by atoms with E-state index in [2.05, 4.69) is 10.4 Å². The van der Waals surface area contributed by atoms with E-state index in [0.717, 1.165) is 36.0 Å². The van der Waals surface area contributed by atoms with Crippen LogP contribution in [-0.2, 0) is 18.3 Å². The van der Waals surface area contributed by atoms with E-state index in [1.807, 2.05) is 49.1 Å². The number of nitrogens with zero attached hydrogens (tertiary/aromatic N) is 2. The lowest BCUT2D eigenvalue weighted by atomic mass is 9.92. The Labute approximate surface area is 142 Å². The van der Waals surface area contributed by atoms with Gasteiger partial charge >= 0.3 is 0 Å². The highest BCUT2D eigenvalue weighted by Gasteiger charge is 2.26. The lowest BCUT2D eigenvalue weighted by Crippen LogP contribution is -2.37. The van der Waals surface area contributed by atoms with Gasteiger partial charge in [0.05, 0.1) is 12.2 Å². The van der Waals surface area contributed by atoms with Crippen molar-refractivity contribution in [2.75, 3.05) is 0 Å². The third-order valence-electron chi connectivity index (χ3n) is 4.41. The first kappa shape index (κ1) is 17.5. The molecule has 0 radical (unpaired) electrons. The molecule has 23 heavy (non-hydrogen) atoms. The third-order valence-corrected chi connectivity index (χ3v) is 4.41. The van der Waals surface area contributed by atoms with Gasteiger partial charge in [-0.25, -0.2) is 0 Å². The van der Waals surface area contributed by atoms with Crippen LogP contribution in [0.5, 0.6) is 0 Å². The van der Waals surface area contributed by atoms with Crippen LogP contribution >= 0.6 is 12.4 Å². The van der Waals surface area contributed by atoms with Gasteiger partial charge in [0, 0.05) is 18.3 Å². The number of rotatable bonds is 3. The minimum absolute atomic E-state index is 0. The summed E-state index contributed by atoms with van der Waals surface area (Å²) in [6, 6.07) is 7.15. The number of halogens is 1. The summed E-state index contributed by atoms with van der Waals surface area (Å²) in [7, 11) is 1.95. The number of hydrogen-bond acceptors (Lipinski definition) is 3. The molecule has 1 amide bonds. The summed E-state index contributed by atoms with van der Waals surface area (Å²) < 4.78 is 1.90. The molecule has 5 nitrogen and oxygen atoms in total. The van der Waals surface area contributed by atoms with Gasteiger partial charge in [-0.05, 0) is 31.7 Å². The quantitative estimate of drug-likeness (QED) is 0.905. The summed E-state index contributed by atoms with van der Waals surface area (Å²) in [4.78, 5) is 12.4. The fourth-order valence-corrected chi connectivity index (χ4v) is 3.04. The van der Waals surface area contributed by atoms with Gasteiger partial charge in [-0.3, -0.25) is 9.48 Å². The molecule has 0 aliphatic heterocycles. The molecule has 2 unspecified atom stereocenters. The second kappa shape index (κ2) is 7.15. The molecular formula is C17H23ClN4O. The predicted octanol–water partition coefficient (Wildman–Crippen LogP) is 2.34. The average molecular weight is 335 g/mol. The molecule has 1 aliphatic carbocycles. The second-order valence-electron chi connectivity index (χ2n) is 6.01. The van der Waals surface area contributed by atoms with Crippen LogP contribution in [0.15, 0.2) is 30.5 Å². The van der Waals surface area contributed by atoms with Gasteiger partial charge in [-0.1, -0.05) is 29.8 Å². The first-order valence-corrected chi connectivity index (χ1v) is 7.69. The molecule has 3 rings (SSSR count). The van der Waals surface area contributed by atoms with Crippen molar-refractivity contribution < 1.29 is 4.79 Å². The molecule has 124 valence electrons. The van der Waals surface area contributed by atoms with E-state index in [1.54, 1.807) is 0 Å². The summed E-state index contributed by atoms with van der Waals surface area (Å²) in [6.07, 6.45) is 4.86. The predicted molar refractivity (Wildman–Crippen MR) is 92.4 cm³/mol. The lowest BCUT2D eigenvalue weighted by molar-refractivity contribution is -0.123. The molecule has 1 heterocycles. The Hall–Kier alpha value is -1.85. The van der Waals surface area contributed by atoms with Crippen molar-refractivity contribution in [3.8, 4) is 0 Å². The van der Waals surface area contributed by atoms with Crippen molar-refractivity contribution >= 4 is 18.3 Å². The number of aryl methyl sites for hydroxylation is 2. The van der Waals surface area contributed by atoms with Crippen LogP contribution in [0.25, 0.3) is 0 Å². The number of hydrogen-bond donors (Lipinski definition) is 2. The number of aromatic nitrogens is 2. The van der Waals surface area contributed by atoms with E-state index in [1.165, 1.54) is 5.69 Å². The van der Waals surface area contributed by atoms with Crippen molar-refractivity contribution in [3.05, 3.63) is 52.8 Å². The summed E-state index contributed by atoms with van der Waals surface area (Å²) >= 11 is 0. The number of carbonyl (C=O) groups excluding carboxylic acids is 1. The molecule has 6 heteroatoms. The largest absolute Gasteiger partial charge is 0.348 e. The minimum atomic E-state index is -0.636. The number of nitrogens with one attached hydrogen (secondary N) is 1. The number of benzene rings is 1. The molecule has 1 aromatic heterocycles. The van der Waals surface area contributed by atoms with Gasteiger partial charge in [0.2, 0.25) is 5.91 Å². The van der Waals surface area contributed by atoms with Crippen LogP contribution in [0.4, 0.5) is 0 Å².